The molecule has 0 bridgehead atoms. The van der Waals surface area contributed by atoms with Crippen molar-refractivity contribution in [3.05, 3.63) is 87.4 Å². The fourth-order valence-electron chi connectivity index (χ4n) is 4.33. The molecule has 0 aliphatic carbocycles. The molecule has 0 aliphatic rings. The number of hydrogen-bond donors (Lipinski definition) is 2. The van der Waals surface area contributed by atoms with E-state index in [0.717, 1.165) is 32.1 Å². The van der Waals surface area contributed by atoms with Gasteiger partial charge >= 0.3 is 0 Å². The van der Waals surface area contributed by atoms with Crippen LogP contribution in [0.4, 0.5) is 0 Å². The number of thiazole rings is 1. The van der Waals surface area contributed by atoms with Crippen LogP contribution < -0.4 is 5.56 Å². The fraction of sp³-hybridized carbons (Fsp3) is 0.167. The molecule has 0 spiro atoms. The number of aryl methyl sites for hydroxylation is 1. The van der Waals surface area contributed by atoms with Crippen LogP contribution in [-0.4, -0.2) is 34.6 Å². The first-order valence-corrected chi connectivity index (χ1v) is 11.3. The van der Waals surface area contributed by atoms with E-state index in [0.29, 0.717) is 22.7 Å². The molecule has 1 atom stereocenters. The number of nitrogens with zero attached hydrogens (tertiary/aromatic N) is 5. The molecule has 4 heterocycles. The van der Waals surface area contributed by atoms with E-state index in [1.807, 2.05) is 55.6 Å². The predicted molar refractivity (Wildman–Crippen MR) is 128 cm³/mol. The summed E-state index contributed by atoms with van der Waals surface area (Å²) in [5.41, 5.74) is 2.44. The van der Waals surface area contributed by atoms with Gasteiger partial charge in [0.1, 0.15) is 16.1 Å². The summed E-state index contributed by atoms with van der Waals surface area (Å²) in [7, 11) is 1.83. The van der Waals surface area contributed by atoms with Crippen LogP contribution in [0.2, 0.25) is 0 Å². The van der Waals surface area contributed by atoms with Gasteiger partial charge in [-0.3, -0.25) is 9.89 Å². The molecule has 1 unspecified atom stereocenters. The van der Waals surface area contributed by atoms with E-state index in [4.69, 9.17) is 4.98 Å². The quantitative estimate of drug-likeness (QED) is 0.423. The van der Waals surface area contributed by atoms with Crippen LogP contribution in [0.15, 0.2) is 65.7 Å². The Hall–Kier alpha value is -3.82. The number of nitrogens with one attached hydrogen (secondary N) is 1. The largest absolute Gasteiger partial charge is 0.378 e. The first-order valence-electron chi connectivity index (χ1n) is 10.5. The van der Waals surface area contributed by atoms with Crippen LogP contribution in [0.25, 0.3) is 32.2 Å². The van der Waals surface area contributed by atoms with Gasteiger partial charge in [0.15, 0.2) is 5.65 Å². The molecule has 2 aromatic carbocycles. The van der Waals surface area contributed by atoms with Gasteiger partial charge in [0.2, 0.25) is 0 Å². The third-order valence-corrected chi connectivity index (χ3v) is 7.46. The molecule has 9 heteroatoms. The van der Waals surface area contributed by atoms with Gasteiger partial charge in [-0.25, -0.2) is 9.67 Å². The second-order valence-electron chi connectivity index (χ2n) is 8.29. The van der Waals surface area contributed by atoms with Crippen molar-refractivity contribution in [2.24, 2.45) is 7.05 Å². The Labute approximate surface area is 191 Å². The topological polar surface area (TPSA) is 102 Å². The summed E-state index contributed by atoms with van der Waals surface area (Å²) in [5, 5.41) is 25.0. The Bertz CT molecular complexity index is 1710. The summed E-state index contributed by atoms with van der Waals surface area (Å²) in [6, 6.07) is 15.3. The third-order valence-electron chi connectivity index (χ3n) is 6.17. The van der Waals surface area contributed by atoms with Crippen LogP contribution in [0.1, 0.15) is 23.1 Å². The van der Waals surface area contributed by atoms with Crippen molar-refractivity contribution in [3.63, 3.8) is 0 Å². The number of rotatable bonds is 4. The zero-order chi connectivity index (χ0) is 22.7. The Balaban J connectivity index is 1.47. The van der Waals surface area contributed by atoms with E-state index in [9.17, 15) is 9.90 Å². The first-order chi connectivity index (χ1) is 15.9. The standard InChI is InChI=1S/C24H20N6O2S/c1-24(32,15-8-4-3-5-9-15)23-27-21-20(33-23)17-12-26-30(22(31)19(17)29(21)2)13-14-7-6-10-18-16(14)11-25-28-18/h3-12,32H,13H2,1-2H3,(H,25,28). The number of H-pyrrole nitrogens is 1. The summed E-state index contributed by atoms with van der Waals surface area (Å²) >= 11 is 1.39. The molecule has 0 radical (unpaired) electrons. The number of aromatic amines is 1. The van der Waals surface area contributed by atoms with Crippen LogP contribution in [0.5, 0.6) is 0 Å². The van der Waals surface area contributed by atoms with Gasteiger partial charge in [0.25, 0.3) is 5.56 Å². The van der Waals surface area contributed by atoms with Gasteiger partial charge in [0.05, 0.1) is 29.2 Å². The van der Waals surface area contributed by atoms with Crippen LogP contribution >= 0.6 is 11.3 Å². The number of benzene rings is 2. The lowest BCUT2D eigenvalue weighted by molar-refractivity contribution is 0.102. The van der Waals surface area contributed by atoms with E-state index in [2.05, 4.69) is 15.3 Å². The number of fused-ring (bicyclic) bond motifs is 4. The number of aromatic nitrogens is 6. The highest BCUT2D eigenvalue weighted by Crippen LogP contribution is 2.38. The van der Waals surface area contributed by atoms with E-state index in [1.54, 1.807) is 23.9 Å². The normalized spacial score (nSPS) is 13.8. The van der Waals surface area contributed by atoms with Crippen LogP contribution in [-0.2, 0) is 19.2 Å². The highest BCUT2D eigenvalue weighted by Gasteiger charge is 2.31. The SMILES string of the molecule is Cn1c2nc(C(C)(O)c3ccccc3)sc2c2cnn(Cc3cccc4[nH]ncc34)c(=O)c21. The van der Waals surface area contributed by atoms with E-state index >= 15 is 0 Å². The Morgan fingerprint density at radius 3 is 2.73 bits per heavy atom. The molecular weight excluding hydrogens is 436 g/mol. The smallest absolute Gasteiger partial charge is 0.291 e. The Morgan fingerprint density at radius 2 is 1.91 bits per heavy atom. The third kappa shape index (κ3) is 2.93. The van der Waals surface area contributed by atoms with Crippen molar-refractivity contribution in [3.8, 4) is 0 Å². The van der Waals surface area contributed by atoms with E-state index in [1.165, 1.54) is 16.0 Å². The highest BCUT2D eigenvalue weighted by molar-refractivity contribution is 7.19. The molecule has 4 aromatic heterocycles. The number of aliphatic hydroxyl groups is 1. The molecule has 164 valence electrons. The molecule has 8 nitrogen and oxygen atoms in total. The molecule has 0 aliphatic heterocycles. The first kappa shape index (κ1) is 19.8. The predicted octanol–water partition coefficient (Wildman–Crippen LogP) is 3.53. The second kappa shape index (κ2) is 7.09. The van der Waals surface area contributed by atoms with E-state index < -0.39 is 5.60 Å². The van der Waals surface area contributed by atoms with Crippen molar-refractivity contribution in [1.29, 1.82) is 0 Å². The second-order valence-corrected chi connectivity index (χ2v) is 9.29. The van der Waals surface area contributed by atoms with Crippen LogP contribution in [0.3, 0.4) is 0 Å². The summed E-state index contributed by atoms with van der Waals surface area (Å²) in [6.07, 6.45) is 3.48. The minimum atomic E-state index is -1.23. The van der Waals surface area contributed by atoms with Crippen LogP contribution in [0, 0.1) is 0 Å². The van der Waals surface area contributed by atoms with Gasteiger partial charge in [0, 0.05) is 17.8 Å². The van der Waals surface area contributed by atoms with E-state index in [-0.39, 0.29) is 5.56 Å². The lowest BCUT2D eigenvalue weighted by Gasteiger charge is -2.20. The molecule has 33 heavy (non-hydrogen) atoms. The maximum atomic E-state index is 13.4. The Kier molecular flexibility index (Phi) is 4.26. The highest BCUT2D eigenvalue weighted by atomic mass is 32.1. The van der Waals surface area contributed by atoms with Crippen molar-refractivity contribution in [2.75, 3.05) is 0 Å². The summed E-state index contributed by atoms with van der Waals surface area (Å²) in [4.78, 5) is 18.1. The summed E-state index contributed by atoms with van der Waals surface area (Å²) in [5.74, 6) is 0. The average molecular weight is 457 g/mol. The van der Waals surface area contributed by atoms with Gasteiger partial charge in [-0.2, -0.15) is 10.2 Å². The van der Waals surface area contributed by atoms with Crippen molar-refractivity contribution >= 4 is 43.5 Å². The lowest BCUT2D eigenvalue weighted by Crippen LogP contribution is -2.25. The number of hydrogen-bond acceptors (Lipinski definition) is 6. The Morgan fingerprint density at radius 1 is 1.09 bits per heavy atom. The monoisotopic (exact) mass is 456 g/mol. The molecular formula is C24H20N6O2S. The minimum absolute atomic E-state index is 0.183. The molecule has 0 saturated heterocycles. The molecule has 6 rings (SSSR count). The minimum Gasteiger partial charge on any atom is -0.378 e. The maximum absolute atomic E-state index is 13.4. The molecule has 0 fully saturated rings. The summed E-state index contributed by atoms with van der Waals surface area (Å²) < 4.78 is 4.10. The van der Waals surface area contributed by atoms with Crippen molar-refractivity contribution < 1.29 is 5.11 Å². The zero-order valence-electron chi connectivity index (χ0n) is 18.0. The zero-order valence-corrected chi connectivity index (χ0v) is 18.8. The van der Waals surface area contributed by atoms with Gasteiger partial charge in [-0.1, -0.05) is 42.5 Å². The lowest BCUT2D eigenvalue weighted by atomic mass is 9.97. The van der Waals surface area contributed by atoms with Gasteiger partial charge < -0.3 is 9.67 Å². The van der Waals surface area contributed by atoms with Gasteiger partial charge in [-0.15, -0.1) is 11.3 Å². The van der Waals surface area contributed by atoms with Gasteiger partial charge in [-0.05, 0) is 24.1 Å². The summed E-state index contributed by atoms with van der Waals surface area (Å²) in [6.45, 7) is 2.08. The maximum Gasteiger partial charge on any atom is 0.291 e. The molecule has 0 saturated carbocycles. The van der Waals surface area contributed by atoms with Crippen molar-refractivity contribution in [1.82, 2.24) is 29.5 Å². The molecule has 0 amide bonds. The van der Waals surface area contributed by atoms with Crippen molar-refractivity contribution in [2.45, 2.75) is 19.1 Å². The molecule has 2 N–H and O–H groups in total. The molecule has 6 aromatic rings. The average Bonchev–Trinajstić information content (AvgIpc) is 3.53. The fourth-order valence-corrected chi connectivity index (χ4v) is 5.50.